The number of rotatable bonds is 5. The van der Waals surface area contributed by atoms with E-state index in [1.54, 1.807) is 13.0 Å². The van der Waals surface area contributed by atoms with Crippen LogP contribution in [0, 0.1) is 6.92 Å². The largest absolute Gasteiger partial charge is 0.495 e. The summed E-state index contributed by atoms with van der Waals surface area (Å²) in [6.45, 7) is 1.72. The molecule has 0 unspecified atom stereocenters. The van der Waals surface area contributed by atoms with Gasteiger partial charge in [0.2, 0.25) is 5.91 Å². The zero-order chi connectivity index (χ0) is 21.4. The number of ether oxygens (including phenoxy) is 1. The van der Waals surface area contributed by atoms with Gasteiger partial charge in [0.25, 0.3) is 10.0 Å². The van der Waals surface area contributed by atoms with Crippen molar-refractivity contribution in [3.05, 3.63) is 40.9 Å². The first-order valence-electron chi connectivity index (χ1n) is 8.09. The molecule has 0 aromatic heterocycles. The Balaban J connectivity index is 1.86. The predicted molar refractivity (Wildman–Crippen MR) is 109 cm³/mol. The Bertz CT molecular complexity index is 1240. The zero-order valence-electron chi connectivity index (χ0n) is 15.3. The lowest BCUT2D eigenvalue weighted by atomic mass is 10.2. The van der Waals surface area contributed by atoms with Crippen molar-refractivity contribution in [3.63, 3.8) is 0 Å². The number of carbonyl (C=O) groups is 1. The number of aryl methyl sites for hydroxylation is 1. The van der Waals surface area contributed by atoms with Gasteiger partial charge in [-0.3, -0.25) is 4.79 Å². The Hall–Kier alpha value is -2.63. The van der Waals surface area contributed by atoms with E-state index in [-0.39, 0.29) is 26.9 Å². The molecule has 2 aromatic rings. The van der Waals surface area contributed by atoms with Gasteiger partial charge in [-0.25, -0.2) is 8.42 Å². The fourth-order valence-corrected chi connectivity index (χ4v) is 4.99. The highest BCUT2D eigenvalue weighted by atomic mass is 35.5. The number of carbonyl (C=O) groups excluding carboxylic acids is 1. The summed E-state index contributed by atoms with van der Waals surface area (Å²) in [5.41, 5.74) is 1.13. The molecule has 0 aliphatic carbocycles. The van der Waals surface area contributed by atoms with Crippen molar-refractivity contribution in [1.82, 2.24) is 0 Å². The molecule has 9 nitrogen and oxygen atoms in total. The smallest absolute Gasteiger partial charge is 0.285 e. The van der Waals surface area contributed by atoms with Crippen LogP contribution in [0.5, 0.6) is 5.75 Å². The maximum atomic E-state index is 12.6. The molecular formula is C17H16ClN3O6S2. The summed E-state index contributed by atoms with van der Waals surface area (Å²) in [5, 5.41) is 5.53. The van der Waals surface area contributed by atoms with Gasteiger partial charge >= 0.3 is 0 Å². The van der Waals surface area contributed by atoms with Crippen LogP contribution >= 0.6 is 11.6 Å². The van der Waals surface area contributed by atoms with Crippen LogP contribution in [0.15, 0.2) is 44.5 Å². The minimum atomic E-state index is -4.12. The molecule has 0 saturated carbocycles. The second-order valence-corrected chi connectivity index (χ2v) is 10.1. The van der Waals surface area contributed by atoms with Crippen molar-refractivity contribution in [2.75, 3.05) is 23.5 Å². The molecule has 1 amide bonds. The van der Waals surface area contributed by atoms with Crippen LogP contribution in [0.25, 0.3) is 0 Å². The Morgan fingerprint density at radius 3 is 2.69 bits per heavy atom. The second-order valence-electron chi connectivity index (χ2n) is 6.12. The standard InChI is InChI=1S/C17H16ClN3O6S2/c1-10-5-14(15(27-2)7-12(10)18)21-17(22)8-28(23,24)11-3-4-13-16(6-11)29(25,26)20-9-19-13/h3-7,9H,8H2,1-2H3,(H,19,20)(H,21,22). The molecule has 1 aliphatic heterocycles. The average Bonchev–Trinajstić information content (AvgIpc) is 2.63. The first-order chi connectivity index (χ1) is 13.5. The number of nitrogens with zero attached hydrogens (tertiary/aromatic N) is 1. The molecule has 0 radical (unpaired) electrons. The van der Waals surface area contributed by atoms with Crippen LogP contribution < -0.4 is 15.4 Å². The second kappa shape index (κ2) is 7.65. The summed E-state index contributed by atoms with van der Waals surface area (Å²) < 4.78 is 57.8. The van der Waals surface area contributed by atoms with Gasteiger partial charge in [0, 0.05) is 11.1 Å². The molecule has 0 atom stereocenters. The zero-order valence-corrected chi connectivity index (χ0v) is 17.7. The fraction of sp³-hybridized carbons (Fsp3) is 0.176. The summed E-state index contributed by atoms with van der Waals surface area (Å²) in [4.78, 5) is 11.8. The van der Waals surface area contributed by atoms with E-state index in [1.165, 1.54) is 25.3 Å². The number of amides is 1. The van der Waals surface area contributed by atoms with Crippen LogP contribution in [-0.4, -0.2) is 41.9 Å². The summed E-state index contributed by atoms with van der Waals surface area (Å²) in [7, 11) is -6.74. The number of anilines is 2. The van der Waals surface area contributed by atoms with Crippen LogP contribution in [0.4, 0.5) is 11.4 Å². The lowest BCUT2D eigenvalue weighted by Crippen LogP contribution is -2.23. The maximum Gasteiger partial charge on any atom is 0.285 e. The lowest BCUT2D eigenvalue weighted by molar-refractivity contribution is -0.113. The van der Waals surface area contributed by atoms with Gasteiger partial charge in [-0.05, 0) is 36.8 Å². The summed E-state index contributed by atoms with van der Waals surface area (Å²) in [6.07, 6.45) is 1.00. The van der Waals surface area contributed by atoms with Crippen molar-refractivity contribution >= 4 is 55.1 Å². The van der Waals surface area contributed by atoms with Crippen LogP contribution in [0.1, 0.15) is 5.56 Å². The number of halogens is 1. The molecule has 0 fully saturated rings. The monoisotopic (exact) mass is 457 g/mol. The Morgan fingerprint density at radius 2 is 2.00 bits per heavy atom. The molecule has 29 heavy (non-hydrogen) atoms. The fourth-order valence-electron chi connectivity index (χ4n) is 2.62. The van der Waals surface area contributed by atoms with E-state index >= 15 is 0 Å². The highest BCUT2D eigenvalue weighted by Gasteiger charge is 2.26. The molecule has 154 valence electrons. The number of fused-ring (bicyclic) bond motifs is 1. The molecule has 0 saturated heterocycles. The van der Waals surface area contributed by atoms with Gasteiger partial charge in [-0.2, -0.15) is 8.42 Å². The van der Waals surface area contributed by atoms with E-state index in [0.29, 0.717) is 10.6 Å². The highest BCUT2D eigenvalue weighted by molar-refractivity contribution is 7.92. The van der Waals surface area contributed by atoms with Gasteiger partial charge in [-0.15, -0.1) is 4.40 Å². The normalized spacial score (nSPS) is 14.6. The summed E-state index contributed by atoms with van der Waals surface area (Å²) in [5.74, 6) is -1.44. The average molecular weight is 458 g/mol. The van der Waals surface area contributed by atoms with Crippen LogP contribution in [-0.2, 0) is 24.7 Å². The number of benzene rings is 2. The third kappa shape index (κ3) is 4.36. The van der Waals surface area contributed by atoms with Crippen molar-refractivity contribution in [2.24, 2.45) is 4.40 Å². The molecule has 1 aliphatic rings. The molecule has 0 spiro atoms. The predicted octanol–water partition coefficient (Wildman–Crippen LogP) is 2.21. The molecular weight excluding hydrogens is 442 g/mol. The Labute approximate surface area is 172 Å². The van der Waals surface area contributed by atoms with Crippen molar-refractivity contribution in [1.29, 1.82) is 0 Å². The maximum absolute atomic E-state index is 12.6. The van der Waals surface area contributed by atoms with Gasteiger partial charge in [0.1, 0.15) is 22.7 Å². The first kappa shape index (κ1) is 21.1. The van der Waals surface area contributed by atoms with E-state index in [2.05, 4.69) is 15.0 Å². The first-order valence-corrected chi connectivity index (χ1v) is 11.6. The van der Waals surface area contributed by atoms with E-state index in [0.717, 1.165) is 12.4 Å². The van der Waals surface area contributed by atoms with Crippen molar-refractivity contribution in [3.8, 4) is 5.75 Å². The molecule has 2 aromatic carbocycles. The molecule has 2 N–H and O–H groups in total. The molecule has 1 heterocycles. The van der Waals surface area contributed by atoms with Gasteiger partial charge in [-0.1, -0.05) is 11.6 Å². The van der Waals surface area contributed by atoms with E-state index in [1.807, 2.05) is 0 Å². The number of nitrogens with one attached hydrogen (secondary N) is 2. The number of sulfonamides is 1. The van der Waals surface area contributed by atoms with Crippen LogP contribution in [0.3, 0.4) is 0 Å². The number of hydrogen-bond donors (Lipinski definition) is 2. The minimum absolute atomic E-state index is 0.199. The minimum Gasteiger partial charge on any atom is -0.495 e. The molecule has 12 heteroatoms. The van der Waals surface area contributed by atoms with Gasteiger partial charge < -0.3 is 15.4 Å². The molecule has 0 bridgehead atoms. The number of sulfone groups is 1. The van der Waals surface area contributed by atoms with E-state index < -0.39 is 31.5 Å². The topological polar surface area (TPSA) is 131 Å². The van der Waals surface area contributed by atoms with Gasteiger partial charge in [0.05, 0.1) is 23.4 Å². The third-order valence-corrected chi connectivity index (χ3v) is 7.38. The van der Waals surface area contributed by atoms with Gasteiger partial charge in [0.15, 0.2) is 9.84 Å². The number of hydrogen-bond acceptors (Lipinski definition) is 7. The number of methoxy groups -OCH3 is 1. The quantitative estimate of drug-likeness (QED) is 0.703. The molecule has 3 rings (SSSR count). The summed E-state index contributed by atoms with van der Waals surface area (Å²) >= 11 is 6.02. The Morgan fingerprint density at radius 1 is 1.28 bits per heavy atom. The Kier molecular flexibility index (Phi) is 5.57. The highest BCUT2D eigenvalue weighted by Crippen LogP contribution is 2.31. The summed E-state index contributed by atoms with van der Waals surface area (Å²) in [6, 6.07) is 6.55. The van der Waals surface area contributed by atoms with Crippen LogP contribution in [0.2, 0.25) is 5.02 Å². The third-order valence-electron chi connectivity index (χ3n) is 4.08. The van der Waals surface area contributed by atoms with Crippen molar-refractivity contribution in [2.45, 2.75) is 16.7 Å². The van der Waals surface area contributed by atoms with E-state index in [9.17, 15) is 21.6 Å². The SMILES string of the molecule is COc1cc(Cl)c(C)cc1NC(=O)CS(=O)(=O)c1ccc2c(c1)S(=O)(=O)N=CN2. The van der Waals surface area contributed by atoms with E-state index in [4.69, 9.17) is 16.3 Å². The van der Waals surface area contributed by atoms with Crippen molar-refractivity contribution < 1.29 is 26.4 Å². The lowest BCUT2D eigenvalue weighted by Gasteiger charge is -2.14.